The molecule has 2 unspecified atom stereocenters. The molecule has 4 rings (SSSR count). The summed E-state index contributed by atoms with van der Waals surface area (Å²) in [6, 6.07) is 8.45. The van der Waals surface area contributed by atoms with Crippen LogP contribution in [0.4, 0.5) is 0 Å². The van der Waals surface area contributed by atoms with Gasteiger partial charge in [-0.05, 0) is 30.4 Å². The molecule has 2 N–H and O–H groups in total. The van der Waals surface area contributed by atoms with Crippen molar-refractivity contribution >= 4 is 16.8 Å². The quantitative estimate of drug-likeness (QED) is 0.832. The third-order valence-corrected chi connectivity index (χ3v) is 4.76. The summed E-state index contributed by atoms with van der Waals surface area (Å²) in [5.74, 6) is 0.283. The molecule has 0 radical (unpaired) electrons. The van der Waals surface area contributed by atoms with Gasteiger partial charge in [0.15, 0.2) is 0 Å². The summed E-state index contributed by atoms with van der Waals surface area (Å²) < 4.78 is 0. The number of carbonyl (C=O) groups is 1. The van der Waals surface area contributed by atoms with Gasteiger partial charge in [-0.3, -0.25) is 4.79 Å². The SMILES string of the molecule is O=C1CC(CO)CC2c3[nH]c4ccccc4c3CCN12. The van der Waals surface area contributed by atoms with E-state index in [1.807, 2.05) is 11.0 Å². The van der Waals surface area contributed by atoms with Crippen molar-refractivity contribution in [3.05, 3.63) is 35.5 Å². The summed E-state index contributed by atoms with van der Waals surface area (Å²) in [4.78, 5) is 17.7. The molecule has 1 aromatic heterocycles. The largest absolute Gasteiger partial charge is 0.396 e. The fraction of sp³-hybridized carbons (Fsp3) is 0.438. The lowest BCUT2D eigenvalue weighted by Gasteiger charge is -2.41. The number of hydrogen-bond acceptors (Lipinski definition) is 2. The van der Waals surface area contributed by atoms with Crippen molar-refractivity contribution in [2.75, 3.05) is 13.2 Å². The topological polar surface area (TPSA) is 56.3 Å². The first-order chi connectivity index (χ1) is 9.78. The number of aromatic amines is 1. The predicted molar refractivity (Wildman–Crippen MR) is 76.3 cm³/mol. The molecule has 2 aliphatic heterocycles. The van der Waals surface area contributed by atoms with Crippen molar-refractivity contribution < 1.29 is 9.90 Å². The molecule has 0 saturated carbocycles. The molecule has 4 heteroatoms. The molecule has 1 saturated heterocycles. The molecule has 1 fully saturated rings. The maximum atomic E-state index is 12.2. The molecule has 1 aromatic carbocycles. The molecular formula is C16H18N2O2. The summed E-state index contributed by atoms with van der Waals surface area (Å²) >= 11 is 0. The minimum atomic E-state index is 0.0983. The van der Waals surface area contributed by atoms with E-state index in [2.05, 4.69) is 23.2 Å². The maximum absolute atomic E-state index is 12.2. The molecule has 4 nitrogen and oxygen atoms in total. The molecule has 2 aliphatic rings. The Morgan fingerprint density at radius 3 is 3.05 bits per heavy atom. The number of aliphatic hydroxyl groups excluding tert-OH is 1. The van der Waals surface area contributed by atoms with Gasteiger partial charge < -0.3 is 15.0 Å². The highest BCUT2D eigenvalue weighted by Crippen LogP contribution is 2.41. The number of para-hydroxylation sites is 1. The minimum absolute atomic E-state index is 0.0983. The minimum Gasteiger partial charge on any atom is -0.396 e. The molecule has 0 aliphatic carbocycles. The molecule has 2 aromatic rings. The average Bonchev–Trinajstić information content (AvgIpc) is 2.86. The summed E-state index contributed by atoms with van der Waals surface area (Å²) in [6.07, 6.45) is 2.27. The highest BCUT2D eigenvalue weighted by Gasteiger charge is 2.39. The fourth-order valence-electron chi connectivity index (χ4n) is 3.76. The lowest BCUT2D eigenvalue weighted by Crippen LogP contribution is -2.45. The first-order valence-electron chi connectivity index (χ1n) is 7.27. The van der Waals surface area contributed by atoms with Gasteiger partial charge in [0.1, 0.15) is 0 Å². The van der Waals surface area contributed by atoms with Crippen molar-refractivity contribution in [2.45, 2.75) is 25.3 Å². The number of amides is 1. The fourth-order valence-corrected chi connectivity index (χ4v) is 3.76. The molecule has 2 atom stereocenters. The van der Waals surface area contributed by atoms with E-state index in [0.29, 0.717) is 6.42 Å². The van der Waals surface area contributed by atoms with Crippen LogP contribution in [0, 0.1) is 5.92 Å². The Labute approximate surface area is 117 Å². The number of nitrogens with zero attached hydrogens (tertiary/aromatic N) is 1. The third-order valence-electron chi connectivity index (χ3n) is 4.76. The Hall–Kier alpha value is -1.81. The van der Waals surface area contributed by atoms with Gasteiger partial charge in [-0.1, -0.05) is 18.2 Å². The number of carbonyl (C=O) groups excluding carboxylic acids is 1. The Kier molecular flexibility index (Phi) is 2.60. The van der Waals surface area contributed by atoms with Gasteiger partial charge in [-0.2, -0.15) is 0 Å². The summed E-state index contributed by atoms with van der Waals surface area (Å²) in [5.41, 5.74) is 3.69. The van der Waals surface area contributed by atoms with Crippen molar-refractivity contribution in [3.8, 4) is 0 Å². The number of rotatable bonds is 1. The van der Waals surface area contributed by atoms with Crippen LogP contribution >= 0.6 is 0 Å². The van der Waals surface area contributed by atoms with Crippen LogP contribution in [0.15, 0.2) is 24.3 Å². The van der Waals surface area contributed by atoms with Crippen LogP contribution in [0.2, 0.25) is 0 Å². The lowest BCUT2D eigenvalue weighted by molar-refractivity contribution is -0.140. The van der Waals surface area contributed by atoms with E-state index >= 15 is 0 Å². The number of aliphatic hydroxyl groups is 1. The van der Waals surface area contributed by atoms with E-state index in [9.17, 15) is 9.90 Å². The van der Waals surface area contributed by atoms with Gasteiger partial charge in [-0.25, -0.2) is 0 Å². The average molecular weight is 270 g/mol. The van der Waals surface area contributed by atoms with Crippen LogP contribution in [0.25, 0.3) is 10.9 Å². The highest BCUT2D eigenvalue weighted by molar-refractivity contribution is 5.86. The normalized spacial score (nSPS) is 25.6. The van der Waals surface area contributed by atoms with E-state index < -0.39 is 0 Å². The van der Waals surface area contributed by atoms with E-state index in [-0.39, 0.29) is 24.5 Å². The van der Waals surface area contributed by atoms with Gasteiger partial charge in [0, 0.05) is 36.2 Å². The second-order valence-corrected chi connectivity index (χ2v) is 5.90. The number of H-pyrrole nitrogens is 1. The number of nitrogens with one attached hydrogen (secondary N) is 1. The van der Waals surface area contributed by atoms with Gasteiger partial charge >= 0.3 is 0 Å². The third kappa shape index (κ3) is 1.61. The zero-order valence-electron chi connectivity index (χ0n) is 11.3. The van der Waals surface area contributed by atoms with Gasteiger partial charge in [0.2, 0.25) is 5.91 Å². The van der Waals surface area contributed by atoms with Crippen LogP contribution in [-0.2, 0) is 11.2 Å². The number of piperidine rings is 1. The Morgan fingerprint density at radius 1 is 1.35 bits per heavy atom. The zero-order chi connectivity index (χ0) is 13.7. The number of aromatic nitrogens is 1. The molecule has 0 bridgehead atoms. The van der Waals surface area contributed by atoms with Crippen LogP contribution in [0.3, 0.4) is 0 Å². The standard InChI is InChI=1S/C16H18N2O2/c19-9-10-7-14-16-12(5-6-18(14)15(20)8-10)11-3-1-2-4-13(11)17-16/h1-4,10,14,17,19H,5-9H2. The zero-order valence-corrected chi connectivity index (χ0v) is 11.3. The van der Waals surface area contributed by atoms with E-state index in [1.54, 1.807) is 0 Å². The first-order valence-corrected chi connectivity index (χ1v) is 7.27. The number of benzene rings is 1. The number of hydrogen-bond donors (Lipinski definition) is 2. The molecule has 20 heavy (non-hydrogen) atoms. The van der Waals surface area contributed by atoms with Gasteiger partial charge in [-0.15, -0.1) is 0 Å². The summed E-state index contributed by atoms with van der Waals surface area (Å²) in [5, 5.41) is 10.7. The van der Waals surface area contributed by atoms with Crippen LogP contribution in [-0.4, -0.2) is 34.0 Å². The lowest BCUT2D eigenvalue weighted by atomic mass is 9.85. The van der Waals surface area contributed by atoms with Crippen LogP contribution in [0.1, 0.15) is 30.1 Å². The van der Waals surface area contributed by atoms with E-state index in [4.69, 9.17) is 0 Å². The maximum Gasteiger partial charge on any atom is 0.223 e. The second-order valence-electron chi connectivity index (χ2n) is 5.90. The molecule has 3 heterocycles. The smallest absolute Gasteiger partial charge is 0.223 e. The Balaban J connectivity index is 1.83. The molecule has 1 amide bonds. The van der Waals surface area contributed by atoms with Gasteiger partial charge in [0.05, 0.1) is 6.04 Å². The van der Waals surface area contributed by atoms with Gasteiger partial charge in [0.25, 0.3) is 0 Å². The first kappa shape index (κ1) is 12.0. The molecule has 104 valence electrons. The predicted octanol–water partition coefficient (Wildman–Crippen LogP) is 2.00. The molecular weight excluding hydrogens is 252 g/mol. The highest BCUT2D eigenvalue weighted by atomic mass is 16.3. The van der Waals surface area contributed by atoms with Crippen molar-refractivity contribution in [2.24, 2.45) is 5.92 Å². The van der Waals surface area contributed by atoms with E-state index in [0.717, 1.165) is 24.9 Å². The summed E-state index contributed by atoms with van der Waals surface area (Å²) in [7, 11) is 0. The Morgan fingerprint density at radius 2 is 2.20 bits per heavy atom. The van der Waals surface area contributed by atoms with Crippen LogP contribution in [0.5, 0.6) is 0 Å². The molecule has 0 spiro atoms. The van der Waals surface area contributed by atoms with E-state index in [1.165, 1.54) is 16.6 Å². The number of fused-ring (bicyclic) bond motifs is 5. The second kappa shape index (κ2) is 4.35. The summed E-state index contributed by atoms with van der Waals surface area (Å²) in [6.45, 7) is 0.905. The van der Waals surface area contributed by atoms with Crippen molar-refractivity contribution in [1.82, 2.24) is 9.88 Å². The monoisotopic (exact) mass is 270 g/mol. The van der Waals surface area contributed by atoms with Crippen molar-refractivity contribution in [1.29, 1.82) is 0 Å². The van der Waals surface area contributed by atoms with Crippen LogP contribution < -0.4 is 0 Å². The Bertz CT molecular complexity index is 676. The van der Waals surface area contributed by atoms with Crippen molar-refractivity contribution in [3.63, 3.8) is 0 Å².